The summed E-state index contributed by atoms with van der Waals surface area (Å²) in [6.45, 7) is 0. The molecule has 0 fully saturated rings. The molecule has 5 N–H and O–H groups in total. The molecule has 2 atom stereocenters. The SMILES string of the molecule is N#CC1=C(N)Oc2ccc(Cl)cc2[C@H]1[C@H]1C(=O)Nc2ccccc21.O. The fourth-order valence-electron chi connectivity index (χ4n) is 3.37. The number of ether oxygens (including phenoxy) is 1. The fraction of sp³-hybridized carbons (Fsp3) is 0.111. The number of anilines is 1. The second-order valence-corrected chi connectivity index (χ2v) is 6.14. The van der Waals surface area contributed by atoms with Crippen molar-refractivity contribution >= 4 is 23.2 Å². The first-order valence-electron chi connectivity index (χ1n) is 7.37. The predicted molar refractivity (Wildman–Crippen MR) is 93.1 cm³/mol. The number of carbonyl (C=O) groups excluding carboxylic acids is 1. The van der Waals surface area contributed by atoms with Crippen LogP contribution in [0.5, 0.6) is 5.75 Å². The summed E-state index contributed by atoms with van der Waals surface area (Å²) >= 11 is 6.13. The number of carbonyl (C=O) groups is 1. The molecule has 25 heavy (non-hydrogen) atoms. The number of benzene rings is 2. The molecule has 2 aromatic rings. The summed E-state index contributed by atoms with van der Waals surface area (Å²) in [5, 5.41) is 13.0. The van der Waals surface area contributed by atoms with Crippen molar-refractivity contribution in [3.05, 3.63) is 70.1 Å². The van der Waals surface area contributed by atoms with E-state index in [-0.39, 0.29) is 22.8 Å². The van der Waals surface area contributed by atoms with Crippen LogP contribution in [-0.2, 0) is 4.79 Å². The molecule has 0 aromatic heterocycles. The number of halogens is 1. The lowest BCUT2D eigenvalue weighted by atomic mass is 9.76. The molecule has 0 spiro atoms. The maximum Gasteiger partial charge on any atom is 0.233 e. The molecule has 0 saturated carbocycles. The number of fused-ring (bicyclic) bond motifs is 2. The van der Waals surface area contributed by atoms with Crippen LogP contribution in [0.25, 0.3) is 0 Å². The average molecular weight is 356 g/mol. The van der Waals surface area contributed by atoms with E-state index in [9.17, 15) is 10.1 Å². The topological polar surface area (TPSA) is 120 Å². The molecular weight excluding hydrogens is 342 g/mol. The Balaban J connectivity index is 0.00000182. The zero-order chi connectivity index (χ0) is 16.8. The lowest BCUT2D eigenvalue weighted by Crippen LogP contribution is -2.27. The minimum absolute atomic E-state index is 0. The lowest BCUT2D eigenvalue weighted by Gasteiger charge is -2.29. The van der Waals surface area contributed by atoms with Gasteiger partial charge in [0.2, 0.25) is 11.8 Å². The van der Waals surface area contributed by atoms with Crippen LogP contribution in [0.3, 0.4) is 0 Å². The van der Waals surface area contributed by atoms with E-state index in [1.54, 1.807) is 18.2 Å². The highest BCUT2D eigenvalue weighted by molar-refractivity contribution is 6.30. The largest absolute Gasteiger partial charge is 0.440 e. The Morgan fingerprint density at radius 2 is 1.92 bits per heavy atom. The molecule has 0 aliphatic carbocycles. The van der Waals surface area contributed by atoms with Crippen molar-refractivity contribution in [2.75, 3.05) is 5.32 Å². The van der Waals surface area contributed by atoms with Crippen molar-refractivity contribution in [1.29, 1.82) is 5.26 Å². The molecule has 2 aliphatic heterocycles. The molecule has 0 saturated heterocycles. The first kappa shape index (κ1) is 16.8. The van der Waals surface area contributed by atoms with E-state index in [4.69, 9.17) is 22.1 Å². The highest BCUT2D eigenvalue weighted by Gasteiger charge is 2.43. The number of nitriles is 1. The van der Waals surface area contributed by atoms with Gasteiger partial charge in [-0.05, 0) is 29.8 Å². The zero-order valence-corrected chi connectivity index (χ0v) is 13.7. The molecule has 2 aromatic carbocycles. The summed E-state index contributed by atoms with van der Waals surface area (Å²) in [5.74, 6) is -0.737. The molecular formula is C18H14ClN3O3. The Labute approximate surface area is 148 Å². The van der Waals surface area contributed by atoms with Crippen LogP contribution < -0.4 is 15.8 Å². The van der Waals surface area contributed by atoms with E-state index in [1.165, 1.54) is 0 Å². The summed E-state index contributed by atoms with van der Waals surface area (Å²) in [6, 6.07) is 14.6. The van der Waals surface area contributed by atoms with Crippen molar-refractivity contribution in [1.82, 2.24) is 0 Å². The summed E-state index contributed by atoms with van der Waals surface area (Å²) in [6.07, 6.45) is 0. The van der Waals surface area contributed by atoms with Crippen molar-refractivity contribution in [2.45, 2.75) is 11.8 Å². The van der Waals surface area contributed by atoms with Crippen LogP contribution in [0, 0.1) is 11.3 Å². The first-order valence-corrected chi connectivity index (χ1v) is 7.75. The zero-order valence-electron chi connectivity index (χ0n) is 12.9. The third kappa shape index (κ3) is 2.50. The summed E-state index contributed by atoms with van der Waals surface area (Å²) in [5.41, 5.74) is 8.44. The van der Waals surface area contributed by atoms with Crippen LogP contribution >= 0.6 is 11.6 Å². The number of allylic oxidation sites excluding steroid dienone is 1. The monoisotopic (exact) mass is 355 g/mol. The van der Waals surface area contributed by atoms with Gasteiger partial charge in [-0.3, -0.25) is 4.79 Å². The Morgan fingerprint density at radius 3 is 2.68 bits per heavy atom. The number of hydrogen-bond acceptors (Lipinski definition) is 4. The molecule has 2 aliphatic rings. The van der Waals surface area contributed by atoms with E-state index in [0.717, 1.165) is 11.3 Å². The van der Waals surface area contributed by atoms with Crippen molar-refractivity contribution in [3.8, 4) is 11.8 Å². The van der Waals surface area contributed by atoms with Crippen LogP contribution in [-0.4, -0.2) is 11.4 Å². The van der Waals surface area contributed by atoms with E-state index in [2.05, 4.69) is 11.4 Å². The van der Waals surface area contributed by atoms with Crippen LogP contribution in [0.2, 0.25) is 5.02 Å². The Hall–Kier alpha value is -3.01. The molecule has 4 rings (SSSR count). The third-order valence-electron chi connectivity index (χ3n) is 4.39. The first-order chi connectivity index (χ1) is 11.6. The molecule has 0 unspecified atom stereocenters. The number of nitrogens with zero attached hydrogens (tertiary/aromatic N) is 1. The fourth-order valence-corrected chi connectivity index (χ4v) is 3.55. The Morgan fingerprint density at radius 1 is 1.16 bits per heavy atom. The molecule has 6 nitrogen and oxygen atoms in total. The van der Waals surface area contributed by atoms with Crippen molar-refractivity contribution in [2.24, 2.45) is 5.73 Å². The van der Waals surface area contributed by atoms with Gasteiger partial charge >= 0.3 is 0 Å². The smallest absolute Gasteiger partial charge is 0.233 e. The highest BCUT2D eigenvalue weighted by Crippen LogP contribution is 2.50. The van der Waals surface area contributed by atoms with Crippen molar-refractivity contribution in [3.63, 3.8) is 0 Å². The summed E-state index contributed by atoms with van der Waals surface area (Å²) < 4.78 is 5.55. The number of hydrogen-bond donors (Lipinski definition) is 2. The summed E-state index contributed by atoms with van der Waals surface area (Å²) in [4.78, 5) is 12.6. The van der Waals surface area contributed by atoms with Gasteiger partial charge in [0.1, 0.15) is 11.8 Å². The summed E-state index contributed by atoms with van der Waals surface area (Å²) in [7, 11) is 0. The molecule has 2 heterocycles. The van der Waals surface area contributed by atoms with E-state index < -0.39 is 11.8 Å². The lowest BCUT2D eigenvalue weighted by molar-refractivity contribution is -0.117. The van der Waals surface area contributed by atoms with Gasteiger partial charge in [0, 0.05) is 22.2 Å². The van der Waals surface area contributed by atoms with Gasteiger partial charge in [-0.15, -0.1) is 0 Å². The van der Waals surface area contributed by atoms with Gasteiger partial charge in [-0.1, -0.05) is 29.8 Å². The van der Waals surface area contributed by atoms with Gasteiger partial charge in [0.25, 0.3) is 0 Å². The van der Waals surface area contributed by atoms with E-state index in [0.29, 0.717) is 16.3 Å². The minimum Gasteiger partial charge on any atom is -0.440 e. The number of nitrogens with two attached hydrogens (primary N) is 1. The number of amides is 1. The standard InChI is InChI=1S/C18H12ClN3O2.H2O/c19-9-5-6-14-11(7-9)15(12(8-20)17(21)24-14)16-10-3-1-2-4-13(10)22-18(16)23;/h1-7,15-16H,21H2,(H,22,23);1H2/t15-,16+;/m1./s1. The van der Waals surface area contributed by atoms with Crippen LogP contribution in [0.15, 0.2) is 53.9 Å². The van der Waals surface area contributed by atoms with E-state index >= 15 is 0 Å². The molecule has 1 amide bonds. The van der Waals surface area contributed by atoms with Gasteiger partial charge < -0.3 is 21.3 Å². The van der Waals surface area contributed by atoms with Crippen LogP contribution in [0.1, 0.15) is 23.0 Å². The second-order valence-electron chi connectivity index (χ2n) is 5.71. The number of para-hydroxylation sites is 1. The predicted octanol–water partition coefficient (Wildman–Crippen LogP) is 2.42. The Kier molecular flexibility index (Phi) is 4.13. The highest BCUT2D eigenvalue weighted by atomic mass is 35.5. The van der Waals surface area contributed by atoms with E-state index in [1.807, 2.05) is 24.3 Å². The van der Waals surface area contributed by atoms with Gasteiger partial charge in [0.15, 0.2) is 0 Å². The number of nitrogens with one attached hydrogen (secondary N) is 1. The molecule has 0 radical (unpaired) electrons. The maximum atomic E-state index is 12.6. The number of rotatable bonds is 1. The maximum absolute atomic E-state index is 12.6. The van der Waals surface area contributed by atoms with Crippen LogP contribution in [0.4, 0.5) is 5.69 Å². The molecule has 7 heteroatoms. The van der Waals surface area contributed by atoms with Gasteiger partial charge in [0.05, 0.1) is 11.5 Å². The third-order valence-corrected chi connectivity index (χ3v) is 4.63. The minimum atomic E-state index is -0.560. The van der Waals surface area contributed by atoms with Gasteiger partial charge in [-0.25, -0.2) is 0 Å². The van der Waals surface area contributed by atoms with Crippen molar-refractivity contribution < 1.29 is 15.0 Å². The molecule has 0 bridgehead atoms. The Bertz CT molecular complexity index is 949. The quantitative estimate of drug-likeness (QED) is 0.816. The average Bonchev–Trinajstić information content (AvgIpc) is 2.89. The van der Waals surface area contributed by atoms with Gasteiger partial charge in [-0.2, -0.15) is 5.26 Å². The molecule has 126 valence electrons. The normalized spacial score (nSPS) is 20.6. The second kappa shape index (κ2) is 6.13.